The highest BCUT2D eigenvalue weighted by molar-refractivity contribution is 14.1. The highest BCUT2D eigenvalue weighted by Crippen LogP contribution is 2.30. The normalized spacial score (nSPS) is 11.6. The third kappa shape index (κ3) is 3.17. The molecule has 0 saturated carbocycles. The molecule has 1 aromatic rings. The maximum Gasteiger partial charge on any atom is 0.573 e. The van der Waals surface area contributed by atoms with Gasteiger partial charge in [0.15, 0.2) is 5.75 Å². The number of aromatic nitrogens is 1. The van der Waals surface area contributed by atoms with Crippen LogP contribution in [0.4, 0.5) is 17.6 Å². The van der Waals surface area contributed by atoms with Crippen LogP contribution in [0, 0.1) is 3.70 Å². The van der Waals surface area contributed by atoms with Gasteiger partial charge in [0.25, 0.3) is 0 Å². The van der Waals surface area contributed by atoms with Crippen LogP contribution in [-0.2, 0) is 13.3 Å². The van der Waals surface area contributed by atoms with Crippen molar-refractivity contribution in [2.75, 3.05) is 0 Å². The van der Waals surface area contributed by atoms with Gasteiger partial charge in [0.05, 0.1) is 12.8 Å². The fraction of sp³-hybridized carbons (Fsp3) is 0.375. The van der Waals surface area contributed by atoms with E-state index in [-0.39, 0.29) is 14.8 Å². The summed E-state index contributed by atoms with van der Waals surface area (Å²) in [7, 11) is 0. The van der Waals surface area contributed by atoms with E-state index in [1.807, 2.05) is 0 Å². The fourth-order valence-corrected chi connectivity index (χ4v) is 1.70. The molecule has 0 atom stereocenters. The van der Waals surface area contributed by atoms with E-state index >= 15 is 0 Å². The van der Waals surface area contributed by atoms with Crippen molar-refractivity contribution in [2.45, 2.75) is 19.6 Å². The van der Waals surface area contributed by atoms with E-state index in [2.05, 4.69) is 9.72 Å². The van der Waals surface area contributed by atoms with E-state index in [0.29, 0.717) is 0 Å². The summed E-state index contributed by atoms with van der Waals surface area (Å²) in [5.74, 6) is -0.723. The fourth-order valence-electron chi connectivity index (χ4n) is 1.06. The summed E-state index contributed by atoms with van der Waals surface area (Å²) < 4.78 is 52.3. The van der Waals surface area contributed by atoms with Crippen LogP contribution in [0.5, 0.6) is 5.75 Å². The Morgan fingerprint density at radius 2 is 2.00 bits per heavy atom. The number of nitrogens with zero attached hydrogens (tertiary/aromatic N) is 1. The van der Waals surface area contributed by atoms with Crippen molar-refractivity contribution in [3.63, 3.8) is 0 Å². The lowest BCUT2D eigenvalue weighted by Gasteiger charge is -2.14. The Hall–Kier alpha value is -0.640. The standard InChI is InChI=1S/C8H6F4INO2/c9-1-4-5(3-15)7(13)14-2-6(4)16-8(10,11)12/h2,15H,1,3H2. The minimum absolute atomic E-state index is 0.00449. The minimum atomic E-state index is -4.91. The average molecular weight is 351 g/mol. The van der Waals surface area contributed by atoms with E-state index in [1.165, 1.54) is 0 Å². The maximum absolute atomic E-state index is 12.6. The number of hydrogen-bond donors (Lipinski definition) is 1. The van der Waals surface area contributed by atoms with Crippen molar-refractivity contribution in [3.8, 4) is 5.75 Å². The van der Waals surface area contributed by atoms with Crippen LogP contribution in [0.2, 0.25) is 0 Å². The molecule has 0 fully saturated rings. The summed E-state index contributed by atoms with van der Waals surface area (Å²) >= 11 is 1.69. The van der Waals surface area contributed by atoms with Crippen LogP contribution in [0.15, 0.2) is 6.20 Å². The van der Waals surface area contributed by atoms with Gasteiger partial charge in [-0.05, 0) is 22.6 Å². The van der Waals surface area contributed by atoms with E-state index in [4.69, 9.17) is 5.11 Å². The van der Waals surface area contributed by atoms with Crippen molar-refractivity contribution < 1.29 is 27.4 Å². The zero-order valence-electron chi connectivity index (χ0n) is 7.68. The molecule has 3 nitrogen and oxygen atoms in total. The van der Waals surface area contributed by atoms with Gasteiger partial charge in [-0.25, -0.2) is 9.37 Å². The Morgan fingerprint density at radius 1 is 1.38 bits per heavy atom. The monoisotopic (exact) mass is 351 g/mol. The van der Waals surface area contributed by atoms with E-state index in [1.54, 1.807) is 22.6 Å². The minimum Gasteiger partial charge on any atom is -0.404 e. The first kappa shape index (κ1) is 13.4. The first-order valence-electron chi connectivity index (χ1n) is 3.98. The molecule has 1 N–H and O–H groups in total. The molecule has 90 valence electrons. The molecular formula is C8H6F4INO2. The van der Waals surface area contributed by atoms with Crippen molar-refractivity contribution in [2.24, 2.45) is 0 Å². The lowest BCUT2D eigenvalue weighted by Crippen LogP contribution is -2.19. The summed E-state index contributed by atoms with van der Waals surface area (Å²) in [6.07, 6.45) is -4.13. The molecule has 1 aromatic heterocycles. The van der Waals surface area contributed by atoms with Crippen LogP contribution in [-0.4, -0.2) is 16.5 Å². The largest absolute Gasteiger partial charge is 0.573 e. The molecule has 0 aliphatic rings. The van der Waals surface area contributed by atoms with Gasteiger partial charge >= 0.3 is 6.36 Å². The summed E-state index contributed by atoms with van der Waals surface area (Å²) in [4.78, 5) is 3.58. The Balaban J connectivity index is 3.19. The van der Waals surface area contributed by atoms with Crippen LogP contribution < -0.4 is 4.74 Å². The summed E-state index contributed by atoms with van der Waals surface area (Å²) in [6.45, 7) is -1.76. The second-order valence-electron chi connectivity index (χ2n) is 2.71. The predicted molar refractivity (Wildman–Crippen MR) is 54.4 cm³/mol. The van der Waals surface area contributed by atoms with Crippen LogP contribution in [0.1, 0.15) is 11.1 Å². The molecule has 0 aliphatic carbocycles. The lowest BCUT2D eigenvalue weighted by molar-refractivity contribution is -0.275. The van der Waals surface area contributed by atoms with Gasteiger partial charge in [-0.1, -0.05) is 0 Å². The van der Waals surface area contributed by atoms with Gasteiger partial charge in [-0.15, -0.1) is 13.2 Å². The number of aliphatic hydroxyl groups is 1. The van der Waals surface area contributed by atoms with Gasteiger partial charge < -0.3 is 9.84 Å². The van der Waals surface area contributed by atoms with Crippen LogP contribution in [0.25, 0.3) is 0 Å². The number of alkyl halides is 4. The van der Waals surface area contributed by atoms with Gasteiger partial charge in [0.1, 0.15) is 10.4 Å². The van der Waals surface area contributed by atoms with Crippen molar-refractivity contribution in [1.29, 1.82) is 0 Å². The van der Waals surface area contributed by atoms with Gasteiger partial charge in [0, 0.05) is 11.1 Å². The number of hydrogen-bond acceptors (Lipinski definition) is 3. The first-order chi connectivity index (χ1) is 7.39. The van der Waals surface area contributed by atoms with Gasteiger partial charge in [-0.2, -0.15) is 0 Å². The molecule has 1 rings (SSSR count). The highest BCUT2D eigenvalue weighted by Gasteiger charge is 2.33. The first-order valence-corrected chi connectivity index (χ1v) is 5.05. The topological polar surface area (TPSA) is 42.4 Å². The molecule has 0 bridgehead atoms. The smallest absolute Gasteiger partial charge is 0.404 e. The molecular weight excluding hydrogens is 345 g/mol. The van der Waals surface area contributed by atoms with E-state index in [0.717, 1.165) is 6.20 Å². The lowest BCUT2D eigenvalue weighted by atomic mass is 10.1. The van der Waals surface area contributed by atoms with Crippen molar-refractivity contribution >= 4 is 22.6 Å². The maximum atomic E-state index is 12.6. The number of rotatable bonds is 3. The zero-order valence-corrected chi connectivity index (χ0v) is 9.84. The molecule has 1 heterocycles. The number of pyridine rings is 1. The quantitative estimate of drug-likeness (QED) is 0.517. The molecule has 0 radical (unpaired) electrons. The molecule has 16 heavy (non-hydrogen) atoms. The van der Waals surface area contributed by atoms with Crippen LogP contribution >= 0.6 is 22.6 Å². The average Bonchev–Trinajstić information content (AvgIpc) is 2.18. The Labute approximate surface area is 102 Å². The Bertz CT molecular complexity index is 383. The predicted octanol–water partition coefficient (Wildman–Crippen LogP) is 2.55. The second kappa shape index (κ2) is 5.13. The molecule has 0 spiro atoms. The second-order valence-corrected chi connectivity index (χ2v) is 3.73. The molecule has 0 aromatic carbocycles. The number of aliphatic hydroxyl groups excluding tert-OH is 1. The molecule has 0 unspecified atom stereocenters. The Kier molecular flexibility index (Phi) is 4.30. The molecule has 0 aliphatic heterocycles. The third-order valence-electron chi connectivity index (χ3n) is 1.72. The zero-order chi connectivity index (χ0) is 12.3. The third-order valence-corrected chi connectivity index (χ3v) is 2.65. The number of halogens is 5. The molecule has 0 amide bonds. The SMILES string of the molecule is OCc1c(I)ncc(OC(F)(F)F)c1CF. The molecule has 8 heteroatoms. The van der Waals surface area contributed by atoms with Gasteiger partial charge in [0.2, 0.25) is 0 Å². The van der Waals surface area contributed by atoms with Crippen LogP contribution in [0.3, 0.4) is 0 Å². The summed E-state index contributed by atoms with van der Waals surface area (Å²) in [6, 6.07) is 0. The highest BCUT2D eigenvalue weighted by atomic mass is 127. The molecule has 0 saturated heterocycles. The number of ether oxygens (including phenoxy) is 1. The summed E-state index contributed by atoms with van der Waals surface area (Å²) in [5.41, 5.74) is -0.330. The van der Waals surface area contributed by atoms with E-state index < -0.39 is 25.4 Å². The van der Waals surface area contributed by atoms with Crippen molar-refractivity contribution in [3.05, 3.63) is 21.0 Å². The van der Waals surface area contributed by atoms with Crippen molar-refractivity contribution in [1.82, 2.24) is 4.98 Å². The summed E-state index contributed by atoms with van der Waals surface area (Å²) in [5, 5.41) is 8.90. The Morgan fingerprint density at radius 3 is 2.44 bits per heavy atom. The van der Waals surface area contributed by atoms with Gasteiger partial charge in [-0.3, -0.25) is 0 Å². The van der Waals surface area contributed by atoms with E-state index in [9.17, 15) is 17.6 Å².